The molecule has 0 saturated heterocycles. The molecule has 1 aromatic heterocycles. The molecule has 98 valence electrons. The van der Waals surface area contributed by atoms with Gasteiger partial charge in [-0.2, -0.15) is 0 Å². The van der Waals surface area contributed by atoms with E-state index in [-0.39, 0.29) is 17.7 Å². The van der Waals surface area contributed by atoms with E-state index in [4.69, 9.17) is 5.11 Å². The van der Waals surface area contributed by atoms with Crippen molar-refractivity contribution in [2.75, 3.05) is 0 Å². The quantitative estimate of drug-likeness (QED) is 0.891. The topological polar surface area (TPSA) is 66.4 Å². The van der Waals surface area contributed by atoms with Gasteiger partial charge in [0.25, 0.3) is 0 Å². The molecule has 2 atom stereocenters. The van der Waals surface area contributed by atoms with Gasteiger partial charge in [-0.15, -0.1) is 11.3 Å². The van der Waals surface area contributed by atoms with Gasteiger partial charge in [0, 0.05) is 15.3 Å². The van der Waals surface area contributed by atoms with E-state index in [0.717, 1.165) is 9.35 Å². The van der Waals surface area contributed by atoms with Crippen LogP contribution in [-0.4, -0.2) is 17.0 Å². The Labute approximate surface area is 118 Å². The molecule has 0 radical (unpaired) electrons. The lowest BCUT2D eigenvalue weighted by atomic mass is 10.0. The number of thiophene rings is 1. The minimum atomic E-state index is -0.786. The fourth-order valence-corrected chi connectivity index (χ4v) is 3.64. The van der Waals surface area contributed by atoms with Crippen molar-refractivity contribution in [3.05, 3.63) is 20.8 Å². The molecule has 4 nitrogen and oxygen atoms in total. The van der Waals surface area contributed by atoms with Gasteiger partial charge in [0.1, 0.15) is 0 Å². The maximum absolute atomic E-state index is 11.9. The number of halogens is 1. The molecule has 1 aliphatic carbocycles. The predicted octanol–water partition coefficient (Wildman–Crippen LogP) is 2.63. The Kier molecular flexibility index (Phi) is 4.40. The van der Waals surface area contributed by atoms with Crippen LogP contribution >= 0.6 is 27.3 Å². The van der Waals surface area contributed by atoms with E-state index in [1.165, 1.54) is 0 Å². The zero-order chi connectivity index (χ0) is 13.1. The van der Waals surface area contributed by atoms with E-state index >= 15 is 0 Å². The van der Waals surface area contributed by atoms with Gasteiger partial charge in [0.15, 0.2) is 0 Å². The molecule has 1 saturated carbocycles. The third-order valence-corrected chi connectivity index (χ3v) is 5.19. The van der Waals surface area contributed by atoms with Gasteiger partial charge in [-0.25, -0.2) is 0 Å². The number of hydrogen-bond acceptors (Lipinski definition) is 3. The van der Waals surface area contributed by atoms with Crippen molar-refractivity contribution >= 4 is 39.1 Å². The third-order valence-electron chi connectivity index (χ3n) is 3.27. The average Bonchev–Trinajstić information content (AvgIpc) is 2.94. The van der Waals surface area contributed by atoms with Crippen LogP contribution in [-0.2, 0) is 16.1 Å². The number of carbonyl (C=O) groups excluding carboxylic acids is 1. The summed E-state index contributed by atoms with van der Waals surface area (Å²) in [5.74, 6) is -1.32. The summed E-state index contributed by atoms with van der Waals surface area (Å²) in [7, 11) is 0. The van der Waals surface area contributed by atoms with Crippen LogP contribution in [0.3, 0.4) is 0 Å². The van der Waals surface area contributed by atoms with E-state index < -0.39 is 5.97 Å². The Morgan fingerprint density at radius 2 is 2.17 bits per heavy atom. The largest absolute Gasteiger partial charge is 0.481 e. The third kappa shape index (κ3) is 3.11. The van der Waals surface area contributed by atoms with Gasteiger partial charge in [0.2, 0.25) is 5.91 Å². The van der Waals surface area contributed by atoms with Crippen LogP contribution in [0.4, 0.5) is 0 Å². The van der Waals surface area contributed by atoms with Gasteiger partial charge in [0.05, 0.1) is 12.5 Å². The van der Waals surface area contributed by atoms with Crippen molar-refractivity contribution in [3.8, 4) is 0 Å². The van der Waals surface area contributed by atoms with Gasteiger partial charge < -0.3 is 10.4 Å². The molecule has 2 N–H and O–H groups in total. The standard InChI is InChI=1S/C12H14BrNO3S/c13-9-3-4-18-10(9)6-14-11(15)7-1-2-8(5-7)12(16)17/h3-4,7-8H,1-2,5-6H2,(H,14,15)(H,16,17)/t7-,8+/m1/s1. The van der Waals surface area contributed by atoms with E-state index in [2.05, 4.69) is 21.2 Å². The number of aliphatic carboxylic acids is 1. The monoisotopic (exact) mass is 331 g/mol. The number of carbonyl (C=O) groups is 2. The van der Waals surface area contributed by atoms with E-state index in [9.17, 15) is 9.59 Å². The molecule has 1 heterocycles. The summed E-state index contributed by atoms with van der Waals surface area (Å²) in [6, 6.07) is 1.95. The molecule has 0 bridgehead atoms. The normalized spacial score (nSPS) is 22.9. The van der Waals surface area contributed by atoms with E-state index in [1.807, 2.05) is 11.4 Å². The van der Waals surface area contributed by atoms with Crippen LogP contribution in [0.5, 0.6) is 0 Å². The average molecular weight is 332 g/mol. The molecule has 2 rings (SSSR count). The maximum atomic E-state index is 11.9. The van der Waals surface area contributed by atoms with Crippen molar-refractivity contribution < 1.29 is 14.7 Å². The lowest BCUT2D eigenvalue weighted by Gasteiger charge is -2.10. The molecule has 0 aromatic carbocycles. The first-order chi connectivity index (χ1) is 8.58. The molecule has 6 heteroatoms. The SMILES string of the molecule is O=C(O)[C@H]1CC[C@@H](C(=O)NCc2sccc2Br)C1. The molecule has 0 spiro atoms. The second kappa shape index (κ2) is 5.84. The summed E-state index contributed by atoms with van der Waals surface area (Å²) >= 11 is 4.99. The van der Waals surface area contributed by atoms with E-state index in [1.54, 1.807) is 11.3 Å². The second-order valence-corrected chi connectivity index (χ2v) is 6.31. The van der Waals surface area contributed by atoms with Crippen LogP contribution in [0, 0.1) is 11.8 Å². The highest BCUT2D eigenvalue weighted by Crippen LogP contribution is 2.31. The summed E-state index contributed by atoms with van der Waals surface area (Å²) in [6.45, 7) is 0.505. The molecule has 0 unspecified atom stereocenters. The minimum Gasteiger partial charge on any atom is -0.481 e. The van der Waals surface area contributed by atoms with Crippen LogP contribution in [0.2, 0.25) is 0 Å². The highest BCUT2D eigenvalue weighted by molar-refractivity contribution is 9.10. The Morgan fingerprint density at radius 1 is 1.44 bits per heavy atom. The summed E-state index contributed by atoms with van der Waals surface area (Å²) < 4.78 is 1.00. The first kappa shape index (κ1) is 13.5. The molecule has 1 aliphatic rings. The number of nitrogens with one attached hydrogen (secondary N) is 1. The van der Waals surface area contributed by atoms with Crippen molar-refractivity contribution in [1.82, 2.24) is 5.32 Å². The van der Waals surface area contributed by atoms with Crippen molar-refractivity contribution in [3.63, 3.8) is 0 Å². The van der Waals surface area contributed by atoms with Gasteiger partial charge in [-0.05, 0) is 46.6 Å². The number of amides is 1. The molecular formula is C12H14BrNO3S. The predicted molar refractivity (Wildman–Crippen MR) is 72.3 cm³/mol. The Balaban J connectivity index is 1.83. The first-order valence-electron chi connectivity index (χ1n) is 5.80. The zero-order valence-electron chi connectivity index (χ0n) is 9.69. The molecular weight excluding hydrogens is 318 g/mol. The Morgan fingerprint density at radius 3 is 2.72 bits per heavy atom. The van der Waals surface area contributed by atoms with Gasteiger partial charge in [-0.3, -0.25) is 9.59 Å². The summed E-state index contributed by atoms with van der Waals surface area (Å²) in [4.78, 5) is 23.8. The zero-order valence-corrected chi connectivity index (χ0v) is 12.1. The fraction of sp³-hybridized carbons (Fsp3) is 0.500. The Hall–Kier alpha value is -0.880. The molecule has 1 amide bonds. The second-order valence-electron chi connectivity index (χ2n) is 4.45. The molecule has 1 aromatic rings. The van der Waals surface area contributed by atoms with Crippen molar-refractivity contribution in [2.45, 2.75) is 25.8 Å². The smallest absolute Gasteiger partial charge is 0.306 e. The minimum absolute atomic E-state index is 0.0287. The fourth-order valence-electron chi connectivity index (χ4n) is 2.21. The summed E-state index contributed by atoms with van der Waals surface area (Å²) in [5, 5.41) is 13.7. The molecule has 0 aliphatic heterocycles. The number of rotatable bonds is 4. The summed E-state index contributed by atoms with van der Waals surface area (Å²) in [5.41, 5.74) is 0. The highest BCUT2D eigenvalue weighted by Gasteiger charge is 2.33. The van der Waals surface area contributed by atoms with Crippen LogP contribution < -0.4 is 5.32 Å². The van der Waals surface area contributed by atoms with Gasteiger partial charge >= 0.3 is 5.97 Å². The summed E-state index contributed by atoms with van der Waals surface area (Å²) in [6.07, 6.45) is 1.75. The maximum Gasteiger partial charge on any atom is 0.306 e. The van der Waals surface area contributed by atoms with Crippen molar-refractivity contribution in [2.24, 2.45) is 11.8 Å². The van der Waals surface area contributed by atoms with Crippen LogP contribution in [0.1, 0.15) is 24.1 Å². The Bertz CT molecular complexity index is 460. The van der Waals surface area contributed by atoms with Crippen LogP contribution in [0.15, 0.2) is 15.9 Å². The molecule has 1 fully saturated rings. The van der Waals surface area contributed by atoms with Gasteiger partial charge in [-0.1, -0.05) is 0 Å². The van der Waals surface area contributed by atoms with Crippen molar-refractivity contribution in [1.29, 1.82) is 0 Å². The first-order valence-corrected chi connectivity index (χ1v) is 7.47. The lowest BCUT2D eigenvalue weighted by molar-refractivity contribution is -0.141. The van der Waals surface area contributed by atoms with Crippen LogP contribution in [0.25, 0.3) is 0 Å². The number of carboxylic acid groups (broad SMARTS) is 1. The highest BCUT2D eigenvalue weighted by atomic mass is 79.9. The number of hydrogen-bond donors (Lipinski definition) is 2. The number of carboxylic acids is 1. The van der Waals surface area contributed by atoms with E-state index in [0.29, 0.717) is 25.8 Å². The lowest BCUT2D eigenvalue weighted by Crippen LogP contribution is -2.29. The molecule has 18 heavy (non-hydrogen) atoms.